The highest BCUT2D eigenvalue weighted by Gasteiger charge is 2.20. The molecule has 21 heavy (non-hydrogen) atoms. The number of nitro groups is 1. The van der Waals surface area contributed by atoms with Gasteiger partial charge in [-0.3, -0.25) is 10.1 Å². The maximum absolute atomic E-state index is 10.8. The van der Waals surface area contributed by atoms with Crippen molar-refractivity contribution in [1.82, 2.24) is 5.32 Å². The molecule has 0 saturated heterocycles. The van der Waals surface area contributed by atoms with E-state index in [1.807, 2.05) is 0 Å². The quantitative estimate of drug-likeness (QED) is 0.449. The summed E-state index contributed by atoms with van der Waals surface area (Å²) in [5, 5.41) is 27.0. The van der Waals surface area contributed by atoms with Gasteiger partial charge < -0.3 is 15.7 Å². The Morgan fingerprint density at radius 3 is 2.67 bits per heavy atom. The third-order valence-electron chi connectivity index (χ3n) is 3.44. The van der Waals surface area contributed by atoms with Gasteiger partial charge in [0, 0.05) is 18.2 Å². The zero-order valence-electron chi connectivity index (χ0n) is 11.2. The van der Waals surface area contributed by atoms with E-state index in [-0.39, 0.29) is 17.8 Å². The molecule has 0 unspecified atom stereocenters. The standard InChI is InChI=1S/C13H16ClN3O3S/c14-11-6-3-9(17(19)20)7-12(11)16-13(21)15-8-1-4-10(18)5-2-8/h3,6-8,10,18H,1-2,4-5H2,(H2,15,16,21). The van der Waals surface area contributed by atoms with Gasteiger partial charge in [0.15, 0.2) is 5.11 Å². The molecule has 1 aliphatic carbocycles. The van der Waals surface area contributed by atoms with Crippen LogP contribution in [0.3, 0.4) is 0 Å². The van der Waals surface area contributed by atoms with Gasteiger partial charge in [-0.05, 0) is 44.0 Å². The summed E-state index contributed by atoms with van der Waals surface area (Å²) in [6, 6.07) is 4.35. The van der Waals surface area contributed by atoms with Crippen molar-refractivity contribution in [1.29, 1.82) is 0 Å². The second-order valence-corrected chi connectivity index (χ2v) is 5.84. The fraction of sp³-hybridized carbons (Fsp3) is 0.462. The highest BCUT2D eigenvalue weighted by molar-refractivity contribution is 7.80. The van der Waals surface area contributed by atoms with Crippen LogP contribution in [0.4, 0.5) is 11.4 Å². The molecule has 2 rings (SSSR count). The van der Waals surface area contributed by atoms with E-state index in [2.05, 4.69) is 10.6 Å². The summed E-state index contributed by atoms with van der Waals surface area (Å²) in [4.78, 5) is 10.3. The number of nitrogens with zero attached hydrogens (tertiary/aromatic N) is 1. The zero-order valence-corrected chi connectivity index (χ0v) is 12.8. The summed E-state index contributed by atoms with van der Waals surface area (Å²) in [7, 11) is 0. The molecule has 0 atom stereocenters. The second kappa shape index (κ2) is 7.02. The lowest BCUT2D eigenvalue weighted by atomic mass is 9.93. The monoisotopic (exact) mass is 329 g/mol. The topological polar surface area (TPSA) is 87.4 Å². The average Bonchev–Trinajstić information content (AvgIpc) is 2.43. The van der Waals surface area contributed by atoms with Crippen LogP contribution in [0, 0.1) is 10.1 Å². The number of hydrogen-bond donors (Lipinski definition) is 3. The van der Waals surface area contributed by atoms with Crippen LogP contribution in [0.2, 0.25) is 5.02 Å². The summed E-state index contributed by atoms with van der Waals surface area (Å²) in [5.41, 5.74) is 0.352. The molecule has 1 fully saturated rings. The SMILES string of the molecule is O=[N+]([O-])c1ccc(Cl)c(NC(=S)NC2CCC(O)CC2)c1. The van der Waals surface area contributed by atoms with Gasteiger partial charge in [-0.1, -0.05) is 11.6 Å². The fourth-order valence-corrected chi connectivity index (χ4v) is 2.73. The van der Waals surface area contributed by atoms with Gasteiger partial charge in [0.1, 0.15) is 0 Å². The lowest BCUT2D eigenvalue weighted by Crippen LogP contribution is -2.40. The van der Waals surface area contributed by atoms with Crippen LogP contribution in [-0.2, 0) is 0 Å². The molecule has 0 bridgehead atoms. The highest BCUT2D eigenvalue weighted by Crippen LogP contribution is 2.26. The minimum atomic E-state index is -0.486. The van der Waals surface area contributed by atoms with Crippen LogP contribution in [0.1, 0.15) is 25.7 Å². The van der Waals surface area contributed by atoms with Crippen molar-refractivity contribution in [2.75, 3.05) is 5.32 Å². The Bertz CT molecular complexity index is 547. The average molecular weight is 330 g/mol. The third-order valence-corrected chi connectivity index (χ3v) is 3.99. The molecule has 0 amide bonds. The Kier molecular flexibility index (Phi) is 5.33. The lowest BCUT2D eigenvalue weighted by molar-refractivity contribution is -0.384. The summed E-state index contributed by atoms with van der Waals surface area (Å²) in [6.07, 6.45) is 2.95. The van der Waals surface area contributed by atoms with Crippen LogP contribution < -0.4 is 10.6 Å². The Morgan fingerprint density at radius 2 is 2.05 bits per heavy atom. The Labute approximate surface area is 132 Å². The smallest absolute Gasteiger partial charge is 0.271 e. The molecular formula is C13H16ClN3O3S. The van der Waals surface area contributed by atoms with Crippen LogP contribution in [-0.4, -0.2) is 27.3 Å². The number of non-ortho nitro benzene ring substituents is 1. The number of aliphatic hydroxyl groups is 1. The number of aliphatic hydroxyl groups excluding tert-OH is 1. The minimum absolute atomic E-state index is 0.0505. The van der Waals surface area contributed by atoms with E-state index < -0.39 is 4.92 Å². The molecule has 8 heteroatoms. The first-order valence-corrected chi connectivity index (χ1v) is 7.44. The molecule has 1 aliphatic rings. The summed E-state index contributed by atoms with van der Waals surface area (Å²) in [6.45, 7) is 0. The molecule has 1 aromatic carbocycles. The van der Waals surface area contributed by atoms with Gasteiger partial charge in [0.05, 0.1) is 21.7 Å². The van der Waals surface area contributed by atoms with Gasteiger partial charge >= 0.3 is 0 Å². The molecule has 0 aliphatic heterocycles. The van der Waals surface area contributed by atoms with Crippen LogP contribution >= 0.6 is 23.8 Å². The van der Waals surface area contributed by atoms with Crippen molar-refractivity contribution in [2.24, 2.45) is 0 Å². The van der Waals surface area contributed by atoms with Crippen LogP contribution in [0.5, 0.6) is 0 Å². The lowest BCUT2D eigenvalue weighted by Gasteiger charge is -2.27. The number of nitrogens with one attached hydrogen (secondary N) is 2. The molecule has 6 nitrogen and oxygen atoms in total. The van der Waals surface area contributed by atoms with Gasteiger partial charge in [0.2, 0.25) is 0 Å². The van der Waals surface area contributed by atoms with E-state index in [4.69, 9.17) is 23.8 Å². The first kappa shape index (κ1) is 15.9. The molecule has 0 aromatic heterocycles. The predicted molar refractivity (Wildman–Crippen MR) is 85.7 cm³/mol. The van der Waals surface area contributed by atoms with Crippen molar-refractivity contribution < 1.29 is 10.0 Å². The Hall–Kier alpha value is -1.44. The molecule has 0 spiro atoms. The normalized spacial score (nSPS) is 21.6. The van der Waals surface area contributed by atoms with Crippen molar-refractivity contribution in [3.63, 3.8) is 0 Å². The second-order valence-electron chi connectivity index (χ2n) is 5.03. The number of anilines is 1. The summed E-state index contributed by atoms with van der Waals surface area (Å²) >= 11 is 11.2. The fourth-order valence-electron chi connectivity index (χ4n) is 2.29. The largest absolute Gasteiger partial charge is 0.393 e. The van der Waals surface area contributed by atoms with Crippen LogP contribution in [0.25, 0.3) is 0 Å². The molecule has 3 N–H and O–H groups in total. The molecule has 114 valence electrons. The van der Waals surface area contributed by atoms with Crippen molar-refractivity contribution in [3.05, 3.63) is 33.3 Å². The van der Waals surface area contributed by atoms with Crippen molar-refractivity contribution in [2.45, 2.75) is 37.8 Å². The number of halogens is 1. The third kappa shape index (κ3) is 4.52. The van der Waals surface area contributed by atoms with Crippen LogP contribution in [0.15, 0.2) is 18.2 Å². The number of rotatable bonds is 3. The van der Waals surface area contributed by atoms with E-state index in [1.54, 1.807) is 0 Å². The molecule has 1 aromatic rings. The number of benzene rings is 1. The summed E-state index contributed by atoms with van der Waals surface area (Å²) < 4.78 is 0. The Balaban J connectivity index is 1.96. The maximum atomic E-state index is 10.8. The van der Waals surface area contributed by atoms with Gasteiger partial charge in [0.25, 0.3) is 5.69 Å². The Morgan fingerprint density at radius 1 is 1.38 bits per heavy atom. The summed E-state index contributed by atoms with van der Waals surface area (Å²) in [5.74, 6) is 0. The zero-order chi connectivity index (χ0) is 15.4. The van der Waals surface area contributed by atoms with E-state index in [9.17, 15) is 15.2 Å². The first-order chi connectivity index (χ1) is 9.95. The van der Waals surface area contributed by atoms with Crippen molar-refractivity contribution >= 4 is 40.3 Å². The van der Waals surface area contributed by atoms with Gasteiger partial charge in [-0.25, -0.2) is 0 Å². The predicted octanol–water partition coefficient (Wildman–Crippen LogP) is 2.84. The number of hydrogen-bond acceptors (Lipinski definition) is 4. The van der Waals surface area contributed by atoms with Crippen molar-refractivity contribution in [3.8, 4) is 0 Å². The molecular weight excluding hydrogens is 314 g/mol. The maximum Gasteiger partial charge on any atom is 0.271 e. The molecule has 0 radical (unpaired) electrons. The number of nitro benzene ring substituents is 1. The van der Waals surface area contributed by atoms with E-state index in [0.717, 1.165) is 25.7 Å². The minimum Gasteiger partial charge on any atom is -0.393 e. The number of thiocarbonyl (C=S) groups is 1. The van der Waals surface area contributed by atoms with E-state index in [1.165, 1.54) is 18.2 Å². The first-order valence-electron chi connectivity index (χ1n) is 6.65. The van der Waals surface area contributed by atoms with E-state index in [0.29, 0.717) is 15.8 Å². The van der Waals surface area contributed by atoms with E-state index >= 15 is 0 Å². The highest BCUT2D eigenvalue weighted by atomic mass is 35.5. The van der Waals surface area contributed by atoms with Gasteiger partial charge in [-0.2, -0.15) is 0 Å². The molecule has 1 saturated carbocycles. The molecule has 0 heterocycles. The van der Waals surface area contributed by atoms with Gasteiger partial charge in [-0.15, -0.1) is 0 Å².